The Hall–Kier alpha value is -3.13. The fourth-order valence-corrected chi connectivity index (χ4v) is 2.65. The first-order valence-electron chi connectivity index (χ1n) is 8.66. The number of rotatable bonds is 7. The smallest absolute Gasteiger partial charge is 0.251 e. The first kappa shape index (κ1) is 18.7. The topological polar surface area (TPSA) is 94.8 Å². The van der Waals surface area contributed by atoms with E-state index in [1.54, 1.807) is 25.6 Å². The highest BCUT2D eigenvalue weighted by Crippen LogP contribution is 2.17. The average Bonchev–Trinajstić information content (AvgIpc) is 3.16. The third kappa shape index (κ3) is 4.53. The van der Waals surface area contributed by atoms with E-state index >= 15 is 0 Å². The summed E-state index contributed by atoms with van der Waals surface area (Å²) < 4.78 is 6.95. The van der Waals surface area contributed by atoms with Crippen molar-refractivity contribution in [2.45, 2.75) is 26.4 Å². The Bertz CT molecular complexity index is 889. The van der Waals surface area contributed by atoms with E-state index in [4.69, 9.17) is 4.74 Å². The van der Waals surface area contributed by atoms with Crippen molar-refractivity contribution in [3.63, 3.8) is 0 Å². The van der Waals surface area contributed by atoms with Crippen molar-refractivity contribution in [2.75, 3.05) is 13.7 Å². The molecule has 0 bridgehead atoms. The van der Waals surface area contributed by atoms with Crippen LogP contribution in [0.15, 0.2) is 42.7 Å². The summed E-state index contributed by atoms with van der Waals surface area (Å²) >= 11 is 0. The van der Waals surface area contributed by atoms with Gasteiger partial charge in [-0.25, -0.2) is 0 Å². The Morgan fingerprint density at radius 2 is 1.93 bits per heavy atom. The van der Waals surface area contributed by atoms with Crippen molar-refractivity contribution in [2.24, 2.45) is 0 Å². The highest BCUT2D eigenvalue weighted by atomic mass is 16.5. The van der Waals surface area contributed by atoms with Crippen molar-refractivity contribution in [1.29, 1.82) is 0 Å². The van der Waals surface area contributed by atoms with E-state index in [2.05, 4.69) is 25.7 Å². The van der Waals surface area contributed by atoms with E-state index in [0.29, 0.717) is 24.5 Å². The molecule has 0 saturated carbocycles. The minimum atomic E-state index is -0.278. The van der Waals surface area contributed by atoms with E-state index < -0.39 is 0 Å². The predicted molar refractivity (Wildman–Crippen MR) is 100.0 cm³/mol. The Kier molecular flexibility index (Phi) is 5.87. The van der Waals surface area contributed by atoms with Gasteiger partial charge in [0.1, 0.15) is 6.33 Å². The highest BCUT2D eigenvalue weighted by molar-refractivity contribution is 5.94. The second kappa shape index (κ2) is 8.50. The molecule has 3 rings (SSSR count). The lowest BCUT2D eigenvalue weighted by Crippen LogP contribution is -2.29. The van der Waals surface area contributed by atoms with Crippen molar-refractivity contribution >= 4 is 5.91 Å². The molecule has 1 amide bonds. The molecule has 0 fully saturated rings. The summed E-state index contributed by atoms with van der Waals surface area (Å²) in [5.74, 6) is 0.511. The number of aromatic nitrogens is 5. The zero-order valence-electron chi connectivity index (χ0n) is 15.6. The Morgan fingerprint density at radius 3 is 2.59 bits per heavy atom. The van der Waals surface area contributed by atoms with Gasteiger partial charge < -0.3 is 14.6 Å². The number of ether oxygens (including phenoxy) is 1. The van der Waals surface area contributed by atoms with Crippen LogP contribution in [-0.2, 0) is 11.3 Å². The molecule has 0 saturated heterocycles. The summed E-state index contributed by atoms with van der Waals surface area (Å²) in [6.45, 7) is 4.95. The summed E-state index contributed by atoms with van der Waals surface area (Å²) in [5.41, 5.74) is 3.11. The van der Waals surface area contributed by atoms with Crippen LogP contribution in [-0.4, -0.2) is 44.6 Å². The molecule has 0 aliphatic rings. The van der Waals surface area contributed by atoms with Gasteiger partial charge in [-0.3, -0.25) is 4.79 Å². The lowest BCUT2D eigenvalue weighted by molar-refractivity contribution is 0.0937. The summed E-state index contributed by atoms with van der Waals surface area (Å²) in [7, 11) is 1.64. The molecular weight excluding hydrogens is 344 g/mol. The van der Waals surface area contributed by atoms with Crippen molar-refractivity contribution in [3.8, 4) is 11.3 Å². The van der Waals surface area contributed by atoms with Gasteiger partial charge in [0.15, 0.2) is 5.82 Å². The predicted octanol–water partition coefficient (Wildman–Crippen LogP) is 2.18. The minimum absolute atomic E-state index is 0.176. The second-order valence-corrected chi connectivity index (χ2v) is 6.21. The summed E-state index contributed by atoms with van der Waals surface area (Å²) in [4.78, 5) is 12.5. The monoisotopic (exact) mass is 366 g/mol. The zero-order chi connectivity index (χ0) is 19.2. The number of hydrogen-bond acceptors (Lipinski definition) is 6. The third-order valence-corrected chi connectivity index (χ3v) is 4.16. The molecule has 1 N–H and O–H groups in total. The molecule has 27 heavy (non-hydrogen) atoms. The number of amides is 1. The number of nitrogens with zero attached hydrogens (tertiary/aromatic N) is 5. The molecule has 2 heterocycles. The Labute approximate surface area is 157 Å². The van der Waals surface area contributed by atoms with E-state index in [1.165, 1.54) is 0 Å². The normalized spacial score (nSPS) is 12.0. The van der Waals surface area contributed by atoms with E-state index in [1.807, 2.05) is 42.7 Å². The first-order chi connectivity index (χ1) is 13.1. The van der Waals surface area contributed by atoms with Gasteiger partial charge in [0.25, 0.3) is 5.91 Å². The maximum atomic E-state index is 12.5. The second-order valence-electron chi connectivity index (χ2n) is 6.21. The molecule has 8 nitrogen and oxygen atoms in total. The summed E-state index contributed by atoms with van der Waals surface area (Å²) in [6.07, 6.45) is 1.63. The SMILES string of the molecule is COCCn1cnnc1C(C)NC(=O)c1ccc(-c2ccc(C)nn2)cc1. The number of carbonyl (C=O) groups excluding carboxylic acids is 1. The average molecular weight is 366 g/mol. The van der Waals surface area contributed by atoms with Gasteiger partial charge in [-0.1, -0.05) is 12.1 Å². The molecule has 0 aliphatic carbocycles. The fraction of sp³-hybridized carbons (Fsp3) is 0.316. The van der Waals surface area contributed by atoms with Crippen LogP contribution in [0.1, 0.15) is 34.8 Å². The number of aryl methyl sites for hydroxylation is 1. The number of hydrogen-bond donors (Lipinski definition) is 1. The molecule has 2 aromatic heterocycles. The Balaban J connectivity index is 1.67. The van der Waals surface area contributed by atoms with Gasteiger partial charge >= 0.3 is 0 Å². The Morgan fingerprint density at radius 1 is 1.15 bits per heavy atom. The number of nitrogens with one attached hydrogen (secondary N) is 1. The largest absolute Gasteiger partial charge is 0.383 e. The van der Waals surface area contributed by atoms with Gasteiger partial charge in [0.2, 0.25) is 0 Å². The van der Waals surface area contributed by atoms with Gasteiger partial charge in [-0.2, -0.15) is 10.2 Å². The molecule has 0 radical (unpaired) electrons. The van der Waals surface area contributed by atoms with Crippen molar-refractivity contribution < 1.29 is 9.53 Å². The molecule has 0 aliphatic heterocycles. The van der Waals surface area contributed by atoms with E-state index in [9.17, 15) is 4.79 Å². The maximum Gasteiger partial charge on any atom is 0.251 e. The van der Waals surface area contributed by atoms with Gasteiger partial charge in [-0.05, 0) is 38.1 Å². The number of benzene rings is 1. The fourth-order valence-electron chi connectivity index (χ4n) is 2.65. The van der Waals surface area contributed by atoms with Crippen molar-refractivity contribution in [3.05, 3.63) is 59.8 Å². The third-order valence-electron chi connectivity index (χ3n) is 4.16. The van der Waals surface area contributed by atoms with E-state index in [-0.39, 0.29) is 11.9 Å². The van der Waals surface area contributed by atoms with Gasteiger partial charge in [0, 0.05) is 24.8 Å². The maximum absolute atomic E-state index is 12.5. The summed E-state index contributed by atoms with van der Waals surface area (Å²) in [5, 5.41) is 19.2. The van der Waals surface area contributed by atoms with Crippen LogP contribution in [0.25, 0.3) is 11.3 Å². The number of methoxy groups -OCH3 is 1. The highest BCUT2D eigenvalue weighted by Gasteiger charge is 2.16. The van der Waals surface area contributed by atoms with E-state index in [0.717, 1.165) is 17.0 Å². The molecule has 1 unspecified atom stereocenters. The van der Waals surface area contributed by atoms with Gasteiger partial charge in [0.05, 0.1) is 24.0 Å². The zero-order valence-corrected chi connectivity index (χ0v) is 15.6. The first-order valence-corrected chi connectivity index (χ1v) is 8.66. The van der Waals surface area contributed by atoms with Crippen LogP contribution in [0.2, 0.25) is 0 Å². The molecule has 140 valence electrons. The van der Waals surface area contributed by atoms with Crippen LogP contribution in [0.4, 0.5) is 0 Å². The van der Waals surface area contributed by atoms with Crippen LogP contribution in [0.3, 0.4) is 0 Å². The molecule has 3 aromatic rings. The molecule has 0 spiro atoms. The standard InChI is InChI=1S/C19H22N6O2/c1-13-4-9-17(23-22-13)15-5-7-16(8-6-15)19(26)21-14(2)18-24-20-12-25(18)10-11-27-3/h4-9,12,14H,10-11H2,1-3H3,(H,21,26). The quantitative estimate of drug-likeness (QED) is 0.689. The lowest BCUT2D eigenvalue weighted by atomic mass is 10.1. The van der Waals surface area contributed by atoms with Crippen LogP contribution >= 0.6 is 0 Å². The molecule has 1 atom stereocenters. The molecule has 8 heteroatoms. The minimum Gasteiger partial charge on any atom is -0.383 e. The summed E-state index contributed by atoms with van der Waals surface area (Å²) in [6, 6.07) is 10.8. The van der Waals surface area contributed by atoms with Crippen molar-refractivity contribution in [1.82, 2.24) is 30.3 Å². The molecular formula is C19H22N6O2. The van der Waals surface area contributed by atoms with Crippen LogP contribution < -0.4 is 5.32 Å². The van der Waals surface area contributed by atoms with Gasteiger partial charge in [-0.15, -0.1) is 10.2 Å². The van der Waals surface area contributed by atoms with Crippen LogP contribution in [0.5, 0.6) is 0 Å². The number of carbonyl (C=O) groups is 1. The molecule has 1 aromatic carbocycles. The lowest BCUT2D eigenvalue weighted by Gasteiger charge is -2.15. The van der Waals surface area contributed by atoms with Crippen LogP contribution in [0, 0.1) is 6.92 Å².